The highest BCUT2D eigenvalue weighted by Crippen LogP contribution is 2.40. The van der Waals surface area contributed by atoms with E-state index in [0.29, 0.717) is 6.10 Å². The largest absolute Gasteiger partial charge is 0.380 e. The molecule has 2 rings (SSSR count). The van der Waals surface area contributed by atoms with E-state index in [9.17, 15) is 0 Å². The van der Waals surface area contributed by atoms with Gasteiger partial charge in [0.2, 0.25) is 0 Å². The number of nitrogens with zero attached hydrogens (tertiary/aromatic N) is 1. The molecule has 94 valence electrons. The topological polar surface area (TPSA) is 21.7 Å². The third-order valence-corrected chi connectivity index (χ3v) is 3.88. The molecule has 0 aromatic carbocycles. The molecular weight excluding hydrogens is 202 g/mol. The molecule has 3 heteroatoms. The zero-order valence-corrected chi connectivity index (χ0v) is 11.1. The minimum absolute atomic E-state index is 0.0336. The van der Waals surface area contributed by atoms with Gasteiger partial charge >= 0.3 is 0 Å². The van der Waals surface area contributed by atoms with Crippen LogP contribution in [0.3, 0.4) is 0 Å². The van der Waals surface area contributed by atoms with Crippen LogP contribution in [0.15, 0.2) is 0 Å². The van der Waals surface area contributed by atoms with E-state index in [1.54, 1.807) is 0 Å². The first-order chi connectivity index (χ1) is 7.45. The van der Waals surface area contributed by atoms with Gasteiger partial charge in [-0.25, -0.2) is 0 Å². The van der Waals surface area contributed by atoms with Crippen LogP contribution >= 0.6 is 0 Å². The Morgan fingerprint density at radius 3 is 2.75 bits per heavy atom. The van der Waals surface area contributed by atoms with Crippen molar-refractivity contribution in [2.45, 2.75) is 57.3 Å². The van der Waals surface area contributed by atoms with Crippen LogP contribution in [0.25, 0.3) is 0 Å². The van der Waals surface area contributed by atoms with Gasteiger partial charge in [0.1, 0.15) is 0 Å². The molecule has 0 aliphatic carbocycles. The van der Waals surface area contributed by atoms with Crippen LogP contribution in [-0.4, -0.2) is 49.0 Å². The van der Waals surface area contributed by atoms with Crippen molar-refractivity contribution in [3.63, 3.8) is 0 Å². The Kier molecular flexibility index (Phi) is 3.30. The molecule has 0 spiro atoms. The third kappa shape index (κ3) is 2.41. The van der Waals surface area contributed by atoms with Gasteiger partial charge in [0, 0.05) is 19.2 Å². The number of rotatable bonds is 3. The average molecular weight is 227 g/mol. The molecule has 3 nitrogen and oxygen atoms in total. The second-order valence-corrected chi connectivity index (χ2v) is 6.24. The summed E-state index contributed by atoms with van der Waals surface area (Å²) in [5.74, 6) is 0. The molecule has 0 aromatic rings. The lowest BCUT2D eigenvalue weighted by molar-refractivity contribution is -0.0530. The van der Waals surface area contributed by atoms with Gasteiger partial charge in [-0.2, -0.15) is 0 Å². The Hall–Kier alpha value is -0.120. The first-order valence-corrected chi connectivity index (χ1v) is 6.37. The molecule has 0 saturated carbocycles. The molecule has 0 radical (unpaired) electrons. The maximum absolute atomic E-state index is 6.01. The molecule has 0 unspecified atom stereocenters. The minimum atomic E-state index is -0.0336. The second-order valence-electron chi connectivity index (χ2n) is 6.24. The van der Waals surface area contributed by atoms with E-state index in [1.807, 2.05) is 7.11 Å². The maximum atomic E-state index is 6.01. The molecule has 0 bridgehead atoms. The van der Waals surface area contributed by atoms with E-state index >= 15 is 0 Å². The number of ether oxygens (including phenoxy) is 2. The Labute approximate surface area is 99.1 Å². The van der Waals surface area contributed by atoms with Gasteiger partial charge in [-0.05, 0) is 46.6 Å². The lowest BCUT2D eigenvalue weighted by atomic mass is 9.94. The van der Waals surface area contributed by atoms with Crippen LogP contribution in [-0.2, 0) is 9.47 Å². The van der Waals surface area contributed by atoms with Gasteiger partial charge in [-0.15, -0.1) is 0 Å². The number of hydrogen-bond acceptors (Lipinski definition) is 3. The number of fused-ring (bicyclic) bond motifs is 1. The van der Waals surface area contributed by atoms with Gasteiger partial charge in [-0.1, -0.05) is 0 Å². The molecule has 2 heterocycles. The van der Waals surface area contributed by atoms with Crippen LogP contribution in [0.5, 0.6) is 0 Å². The lowest BCUT2D eigenvalue weighted by Gasteiger charge is -2.34. The van der Waals surface area contributed by atoms with Crippen LogP contribution < -0.4 is 0 Å². The molecule has 0 amide bonds. The van der Waals surface area contributed by atoms with Crippen LogP contribution in [0.2, 0.25) is 0 Å². The summed E-state index contributed by atoms with van der Waals surface area (Å²) in [6.45, 7) is 9.55. The molecule has 2 aliphatic rings. The normalized spacial score (nSPS) is 35.6. The van der Waals surface area contributed by atoms with E-state index in [4.69, 9.17) is 9.47 Å². The summed E-state index contributed by atoms with van der Waals surface area (Å²) >= 11 is 0. The fourth-order valence-electron chi connectivity index (χ4n) is 2.98. The predicted molar refractivity (Wildman–Crippen MR) is 64.7 cm³/mol. The lowest BCUT2D eigenvalue weighted by Crippen LogP contribution is -2.44. The predicted octanol–water partition coefficient (Wildman–Crippen LogP) is 2.05. The maximum Gasteiger partial charge on any atom is 0.0716 e. The van der Waals surface area contributed by atoms with Gasteiger partial charge in [0.15, 0.2) is 0 Å². The summed E-state index contributed by atoms with van der Waals surface area (Å²) < 4.78 is 11.5. The van der Waals surface area contributed by atoms with Crippen LogP contribution in [0.4, 0.5) is 0 Å². The smallest absolute Gasteiger partial charge is 0.0716 e. The monoisotopic (exact) mass is 227 g/mol. The minimum Gasteiger partial charge on any atom is -0.380 e. The summed E-state index contributed by atoms with van der Waals surface area (Å²) in [6.07, 6.45) is 4.12. The molecule has 2 saturated heterocycles. The summed E-state index contributed by atoms with van der Waals surface area (Å²) in [7, 11) is 1.82. The van der Waals surface area contributed by atoms with Crippen molar-refractivity contribution in [1.82, 2.24) is 4.90 Å². The van der Waals surface area contributed by atoms with Crippen molar-refractivity contribution in [1.29, 1.82) is 0 Å². The van der Waals surface area contributed by atoms with Crippen LogP contribution in [0, 0.1) is 0 Å². The zero-order valence-electron chi connectivity index (χ0n) is 11.1. The van der Waals surface area contributed by atoms with Crippen molar-refractivity contribution in [3.05, 3.63) is 0 Å². The van der Waals surface area contributed by atoms with Crippen molar-refractivity contribution in [3.8, 4) is 0 Å². The van der Waals surface area contributed by atoms with Crippen molar-refractivity contribution < 1.29 is 9.47 Å². The molecule has 2 atom stereocenters. The second kappa shape index (κ2) is 4.28. The fraction of sp³-hybridized carbons (Fsp3) is 1.00. The SMILES string of the molecule is CO[C@H]1CN2CCC[C@@]2(COC(C)(C)C)C1. The van der Waals surface area contributed by atoms with E-state index < -0.39 is 0 Å². The zero-order chi connectivity index (χ0) is 11.8. The molecule has 16 heavy (non-hydrogen) atoms. The van der Waals surface area contributed by atoms with Gasteiger partial charge < -0.3 is 9.47 Å². The quantitative estimate of drug-likeness (QED) is 0.736. The molecule has 2 fully saturated rings. The standard InChI is InChI=1S/C13H25NO2/c1-12(2,3)16-10-13-6-5-7-14(13)9-11(8-13)15-4/h11H,5-10H2,1-4H3/t11-,13+/m1/s1. The Balaban J connectivity index is 1.99. The molecule has 2 aliphatic heterocycles. The summed E-state index contributed by atoms with van der Waals surface area (Å²) in [6, 6.07) is 0. The van der Waals surface area contributed by atoms with Crippen molar-refractivity contribution in [2.24, 2.45) is 0 Å². The molecule has 0 N–H and O–H groups in total. The Bertz CT molecular complexity index is 249. The Morgan fingerprint density at radius 2 is 2.12 bits per heavy atom. The fourth-order valence-corrected chi connectivity index (χ4v) is 2.98. The summed E-state index contributed by atoms with van der Waals surface area (Å²) in [4.78, 5) is 2.58. The molecule has 0 aromatic heterocycles. The van der Waals surface area contributed by atoms with Gasteiger partial charge in [-0.3, -0.25) is 4.90 Å². The first-order valence-electron chi connectivity index (χ1n) is 6.37. The number of hydrogen-bond donors (Lipinski definition) is 0. The van der Waals surface area contributed by atoms with Gasteiger partial charge in [0.05, 0.1) is 18.3 Å². The highest BCUT2D eigenvalue weighted by Gasteiger charge is 2.49. The van der Waals surface area contributed by atoms with Crippen molar-refractivity contribution in [2.75, 3.05) is 26.8 Å². The van der Waals surface area contributed by atoms with E-state index in [0.717, 1.165) is 19.6 Å². The van der Waals surface area contributed by atoms with E-state index in [2.05, 4.69) is 25.7 Å². The van der Waals surface area contributed by atoms with E-state index in [1.165, 1.54) is 19.4 Å². The molecular formula is C13H25NO2. The third-order valence-electron chi connectivity index (χ3n) is 3.88. The van der Waals surface area contributed by atoms with Crippen molar-refractivity contribution >= 4 is 0 Å². The highest BCUT2D eigenvalue weighted by atomic mass is 16.5. The van der Waals surface area contributed by atoms with Crippen LogP contribution in [0.1, 0.15) is 40.0 Å². The summed E-state index contributed by atoms with van der Waals surface area (Å²) in [5, 5.41) is 0. The van der Waals surface area contributed by atoms with E-state index in [-0.39, 0.29) is 11.1 Å². The first kappa shape index (κ1) is 12.3. The Morgan fingerprint density at radius 1 is 1.38 bits per heavy atom. The number of methoxy groups -OCH3 is 1. The van der Waals surface area contributed by atoms with Gasteiger partial charge in [0.25, 0.3) is 0 Å². The highest BCUT2D eigenvalue weighted by molar-refractivity contribution is 5.04. The summed E-state index contributed by atoms with van der Waals surface area (Å²) in [5.41, 5.74) is 0.238. The average Bonchev–Trinajstić information content (AvgIpc) is 2.69.